The molecule has 0 saturated heterocycles. The Morgan fingerprint density at radius 1 is 0.811 bits per heavy atom. The quantitative estimate of drug-likeness (QED) is 0.238. The number of amides is 2. The Kier molecular flexibility index (Phi) is 11.7. The van der Waals surface area contributed by atoms with E-state index >= 15 is 4.39 Å². The molecule has 0 N–H and O–H groups in total. The molecule has 0 fully saturated rings. The van der Waals surface area contributed by atoms with E-state index in [0.717, 1.165) is 35.9 Å². The molecule has 3 atom stereocenters. The summed E-state index contributed by atoms with van der Waals surface area (Å²) in [7, 11) is 0. The van der Waals surface area contributed by atoms with Crippen molar-refractivity contribution in [1.82, 2.24) is 0 Å². The molecule has 0 radical (unpaired) electrons. The minimum Gasteiger partial charge on any atom is -0.287 e. The van der Waals surface area contributed by atoms with Gasteiger partial charge in [-0.05, 0) is 44.3 Å². The third-order valence-electron chi connectivity index (χ3n) is 9.24. The maximum Gasteiger partial charge on any atom is 0.237 e. The number of anilines is 1. The smallest absolute Gasteiger partial charge is 0.237 e. The van der Waals surface area contributed by atoms with Gasteiger partial charge in [0.25, 0.3) is 0 Å². The molecule has 7 heteroatoms. The fourth-order valence-electron chi connectivity index (χ4n) is 3.60. The fourth-order valence-corrected chi connectivity index (χ4v) is 5.20. The van der Waals surface area contributed by atoms with E-state index in [4.69, 9.17) is 0 Å². The molecule has 210 valence electrons. The largest absolute Gasteiger partial charge is 0.287 e. The lowest BCUT2D eigenvalue weighted by Crippen LogP contribution is -2.49. The highest BCUT2D eigenvalue weighted by molar-refractivity contribution is 9.10. The SMILES string of the molecule is CCC(C)(C)C(C)C(=O)Sc1cc(N(C(=O)C(C)C(C)(C)CC)C(=O)C(C)C(C)(C)CC)c(F)cc1Br. The monoisotopic (exact) mass is 599 g/mol. The molecule has 4 nitrogen and oxygen atoms in total. The molecule has 1 rings (SSSR count). The third kappa shape index (κ3) is 7.68. The Morgan fingerprint density at radius 3 is 1.57 bits per heavy atom. The van der Waals surface area contributed by atoms with Crippen molar-refractivity contribution in [2.24, 2.45) is 34.0 Å². The number of carbonyl (C=O) groups is 3. The van der Waals surface area contributed by atoms with Crippen LogP contribution >= 0.6 is 27.7 Å². The topological polar surface area (TPSA) is 54.5 Å². The van der Waals surface area contributed by atoms with Crippen molar-refractivity contribution in [2.45, 2.75) is 107 Å². The second-order valence-corrected chi connectivity index (χ2v) is 14.3. The molecule has 0 aliphatic heterocycles. The Balaban J connectivity index is 3.71. The highest BCUT2D eigenvalue weighted by Crippen LogP contribution is 2.42. The number of imide groups is 1. The molecular formula is C30H47BrFNO3S. The molecular weight excluding hydrogens is 553 g/mol. The Bertz CT molecular complexity index is 971. The molecule has 0 spiro atoms. The number of benzene rings is 1. The van der Waals surface area contributed by atoms with E-state index in [0.29, 0.717) is 9.37 Å². The summed E-state index contributed by atoms with van der Waals surface area (Å²) in [5.74, 6) is -2.83. The number of carbonyl (C=O) groups excluding carboxylic acids is 3. The first-order valence-electron chi connectivity index (χ1n) is 13.4. The van der Waals surface area contributed by atoms with Crippen molar-refractivity contribution in [1.29, 1.82) is 0 Å². The molecule has 0 aliphatic carbocycles. The van der Waals surface area contributed by atoms with Crippen LogP contribution in [0, 0.1) is 39.8 Å². The van der Waals surface area contributed by atoms with Crippen LogP contribution < -0.4 is 4.90 Å². The second-order valence-electron chi connectivity index (χ2n) is 12.4. The summed E-state index contributed by atoms with van der Waals surface area (Å²) in [6.07, 6.45) is 2.28. The number of thioether (sulfide) groups is 1. The van der Waals surface area contributed by atoms with Crippen molar-refractivity contribution in [2.75, 3.05) is 4.90 Å². The molecule has 37 heavy (non-hydrogen) atoms. The first-order chi connectivity index (χ1) is 16.8. The van der Waals surface area contributed by atoms with Gasteiger partial charge >= 0.3 is 0 Å². The van der Waals surface area contributed by atoms with Crippen molar-refractivity contribution >= 4 is 50.3 Å². The zero-order valence-electron chi connectivity index (χ0n) is 24.8. The highest BCUT2D eigenvalue weighted by atomic mass is 79.9. The summed E-state index contributed by atoms with van der Waals surface area (Å²) in [6.45, 7) is 23.6. The molecule has 0 aliphatic rings. The van der Waals surface area contributed by atoms with Gasteiger partial charge in [0.1, 0.15) is 5.82 Å². The highest BCUT2D eigenvalue weighted by Gasteiger charge is 2.41. The van der Waals surface area contributed by atoms with Gasteiger partial charge in [0.2, 0.25) is 11.8 Å². The van der Waals surface area contributed by atoms with Crippen LogP contribution in [0.2, 0.25) is 0 Å². The van der Waals surface area contributed by atoms with Crippen molar-refractivity contribution < 1.29 is 18.8 Å². The summed E-state index contributed by atoms with van der Waals surface area (Å²) in [4.78, 5) is 42.5. The van der Waals surface area contributed by atoms with Gasteiger partial charge in [-0.15, -0.1) is 0 Å². The Hall–Kier alpha value is -1.21. The number of nitrogens with zero attached hydrogens (tertiary/aromatic N) is 1. The average Bonchev–Trinajstić information content (AvgIpc) is 2.84. The predicted octanol–water partition coefficient (Wildman–Crippen LogP) is 9.28. The zero-order valence-corrected chi connectivity index (χ0v) is 27.2. The van der Waals surface area contributed by atoms with Gasteiger partial charge in [-0.2, -0.15) is 0 Å². The van der Waals surface area contributed by atoms with Gasteiger partial charge in [0.05, 0.1) is 5.69 Å². The van der Waals surface area contributed by atoms with Gasteiger partial charge in [0.15, 0.2) is 5.12 Å². The summed E-state index contributed by atoms with van der Waals surface area (Å²) >= 11 is 4.41. The normalized spacial score (nSPS) is 15.2. The number of hydrogen-bond acceptors (Lipinski definition) is 4. The average molecular weight is 601 g/mol. The van der Waals surface area contributed by atoms with E-state index in [1.807, 2.05) is 69.2 Å². The lowest BCUT2D eigenvalue weighted by molar-refractivity contribution is -0.134. The van der Waals surface area contributed by atoms with Crippen molar-refractivity contribution in [3.05, 3.63) is 22.4 Å². The summed E-state index contributed by atoms with van der Waals surface area (Å²) in [5, 5.41) is -0.0460. The minimum absolute atomic E-state index is 0.0460. The Labute approximate surface area is 237 Å². The van der Waals surface area contributed by atoms with E-state index in [1.54, 1.807) is 13.8 Å². The van der Waals surface area contributed by atoms with Crippen LogP contribution in [0.15, 0.2) is 21.5 Å². The zero-order chi connectivity index (χ0) is 29.1. The van der Waals surface area contributed by atoms with Crippen LogP contribution in [0.3, 0.4) is 0 Å². The molecule has 0 bridgehead atoms. The van der Waals surface area contributed by atoms with Crippen LogP contribution in [0.25, 0.3) is 0 Å². The maximum absolute atomic E-state index is 15.6. The molecule has 2 amide bonds. The van der Waals surface area contributed by atoms with Crippen LogP contribution in [0.4, 0.5) is 10.1 Å². The molecule has 0 heterocycles. The van der Waals surface area contributed by atoms with Gasteiger partial charge in [0, 0.05) is 27.1 Å². The van der Waals surface area contributed by atoms with Crippen LogP contribution in [0.5, 0.6) is 0 Å². The second kappa shape index (κ2) is 12.8. The molecule has 0 aromatic heterocycles. The minimum atomic E-state index is -0.685. The first-order valence-corrected chi connectivity index (χ1v) is 15.0. The number of rotatable bonds is 11. The van der Waals surface area contributed by atoms with E-state index in [-0.39, 0.29) is 33.0 Å². The van der Waals surface area contributed by atoms with E-state index < -0.39 is 29.5 Å². The lowest BCUT2D eigenvalue weighted by Gasteiger charge is -2.37. The summed E-state index contributed by atoms with van der Waals surface area (Å²) < 4.78 is 16.0. The summed E-state index contributed by atoms with van der Waals surface area (Å²) in [5.41, 5.74) is -1.08. The molecule has 0 saturated carbocycles. The maximum atomic E-state index is 15.6. The number of hydrogen-bond donors (Lipinski definition) is 0. The fraction of sp³-hybridized carbons (Fsp3) is 0.700. The number of halogens is 2. The molecule has 3 unspecified atom stereocenters. The van der Waals surface area contributed by atoms with Gasteiger partial charge in [-0.25, -0.2) is 9.29 Å². The van der Waals surface area contributed by atoms with E-state index in [1.165, 1.54) is 12.1 Å². The summed E-state index contributed by atoms with van der Waals surface area (Å²) in [6, 6.07) is 2.72. The van der Waals surface area contributed by atoms with Gasteiger partial charge in [-0.1, -0.05) is 114 Å². The first kappa shape index (κ1) is 33.8. The van der Waals surface area contributed by atoms with Crippen LogP contribution in [-0.4, -0.2) is 16.9 Å². The molecule has 1 aromatic carbocycles. The van der Waals surface area contributed by atoms with Crippen molar-refractivity contribution in [3.63, 3.8) is 0 Å². The third-order valence-corrected chi connectivity index (χ3v) is 11.3. The van der Waals surface area contributed by atoms with Crippen LogP contribution in [-0.2, 0) is 14.4 Å². The molecule has 1 aromatic rings. The standard InChI is InChI=1S/C30H47BrFNO3S/c1-13-28(7,8)18(4)25(34)33(26(35)19(5)29(9,10)14-2)23-17-24(21(31)16-22(23)32)37-27(36)20(6)30(11,12)15-3/h16-20H,13-15H2,1-12H3. The van der Waals surface area contributed by atoms with E-state index in [9.17, 15) is 14.4 Å². The van der Waals surface area contributed by atoms with Crippen LogP contribution in [0.1, 0.15) is 102 Å². The van der Waals surface area contributed by atoms with Gasteiger partial charge < -0.3 is 0 Å². The predicted molar refractivity (Wildman–Crippen MR) is 157 cm³/mol. The lowest BCUT2D eigenvalue weighted by atomic mass is 9.75. The van der Waals surface area contributed by atoms with Gasteiger partial charge in [-0.3, -0.25) is 14.4 Å². The van der Waals surface area contributed by atoms with Crippen molar-refractivity contribution in [3.8, 4) is 0 Å². The van der Waals surface area contributed by atoms with E-state index in [2.05, 4.69) is 15.9 Å². The Morgan fingerprint density at radius 2 is 1.19 bits per heavy atom.